The first-order valence-corrected chi connectivity index (χ1v) is 7.49. The summed E-state index contributed by atoms with van der Waals surface area (Å²) in [5.74, 6) is 0.816. The Balaban J connectivity index is 0.00000242. The van der Waals surface area contributed by atoms with Crippen molar-refractivity contribution in [2.45, 2.75) is 19.4 Å². The normalized spacial score (nSPS) is 16.0. The van der Waals surface area contributed by atoms with Crippen LogP contribution in [0.3, 0.4) is 0 Å². The van der Waals surface area contributed by atoms with Gasteiger partial charge in [-0.3, -0.25) is 4.79 Å². The molecule has 1 aromatic heterocycles. The molecule has 0 saturated carbocycles. The van der Waals surface area contributed by atoms with Gasteiger partial charge in [0.05, 0.1) is 0 Å². The molecule has 1 unspecified atom stereocenters. The number of anilines is 1. The minimum absolute atomic E-state index is 0. The smallest absolute Gasteiger partial charge is 0.251 e. The van der Waals surface area contributed by atoms with Gasteiger partial charge in [0.2, 0.25) is 0 Å². The molecule has 132 valence electrons. The van der Waals surface area contributed by atoms with Gasteiger partial charge in [0.1, 0.15) is 5.82 Å². The number of rotatable bonds is 5. The van der Waals surface area contributed by atoms with Crippen molar-refractivity contribution < 1.29 is 4.79 Å². The van der Waals surface area contributed by atoms with Crippen molar-refractivity contribution in [1.29, 1.82) is 0 Å². The van der Waals surface area contributed by atoms with Gasteiger partial charge in [0.15, 0.2) is 0 Å². The van der Waals surface area contributed by atoms with Gasteiger partial charge in [-0.2, -0.15) is 0 Å². The lowest BCUT2D eigenvalue weighted by Crippen LogP contribution is -2.44. The molecule has 8 heteroatoms. The molecule has 0 spiro atoms. The van der Waals surface area contributed by atoms with Crippen molar-refractivity contribution in [3.05, 3.63) is 23.9 Å². The zero-order valence-corrected chi connectivity index (χ0v) is 15.3. The van der Waals surface area contributed by atoms with E-state index >= 15 is 0 Å². The van der Waals surface area contributed by atoms with Crippen molar-refractivity contribution >= 4 is 36.5 Å². The fraction of sp³-hybridized carbons (Fsp3) is 0.600. The molecule has 0 aliphatic carbocycles. The molecule has 1 fully saturated rings. The fourth-order valence-electron chi connectivity index (χ4n) is 2.28. The summed E-state index contributed by atoms with van der Waals surface area (Å²) in [5, 5.41) is 2.89. The van der Waals surface area contributed by atoms with Crippen molar-refractivity contribution in [3.63, 3.8) is 0 Å². The number of carbonyl (C=O) groups excluding carboxylic acids is 1. The third kappa shape index (κ3) is 6.91. The highest BCUT2D eigenvalue weighted by molar-refractivity contribution is 5.94. The Morgan fingerprint density at radius 1 is 1.35 bits per heavy atom. The first-order chi connectivity index (χ1) is 10.1. The number of pyridine rings is 1. The molecule has 3 N–H and O–H groups in total. The zero-order chi connectivity index (χ0) is 15.2. The maximum Gasteiger partial charge on any atom is 0.251 e. The van der Waals surface area contributed by atoms with Crippen LogP contribution in [0.15, 0.2) is 18.3 Å². The van der Waals surface area contributed by atoms with Gasteiger partial charge in [-0.05, 0) is 32.5 Å². The number of piperazine rings is 1. The van der Waals surface area contributed by atoms with Gasteiger partial charge >= 0.3 is 0 Å². The van der Waals surface area contributed by atoms with Crippen LogP contribution in [0.2, 0.25) is 0 Å². The number of aromatic nitrogens is 1. The van der Waals surface area contributed by atoms with Gasteiger partial charge in [-0.25, -0.2) is 4.98 Å². The van der Waals surface area contributed by atoms with E-state index in [0.29, 0.717) is 12.1 Å². The Hall–Kier alpha value is -1.08. The summed E-state index contributed by atoms with van der Waals surface area (Å²) >= 11 is 0. The van der Waals surface area contributed by atoms with Gasteiger partial charge in [0, 0.05) is 50.5 Å². The second-order valence-electron chi connectivity index (χ2n) is 5.71. The first kappa shape index (κ1) is 21.9. The highest BCUT2D eigenvalue weighted by Gasteiger charge is 2.16. The highest BCUT2D eigenvalue weighted by atomic mass is 35.5. The molecule has 0 radical (unpaired) electrons. The number of halogens is 2. The number of carbonyl (C=O) groups is 1. The van der Waals surface area contributed by atoms with Crippen molar-refractivity contribution in [3.8, 4) is 0 Å². The second-order valence-corrected chi connectivity index (χ2v) is 5.71. The van der Waals surface area contributed by atoms with Crippen LogP contribution in [-0.4, -0.2) is 61.6 Å². The van der Waals surface area contributed by atoms with Crippen LogP contribution in [0.1, 0.15) is 23.7 Å². The lowest BCUT2D eigenvalue weighted by Gasteiger charge is -2.33. The van der Waals surface area contributed by atoms with Crippen LogP contribution >= 0.6 is 24.8 Å². The van der Waals surface area contributed by atoms with E-state index < -0.39 is 0 Å². The van der Waals surface area contributed by atoms with Crippen LogP contribution in [0.25, 0.3) is 0 Å². The summed E-state index contributed by atoms with van der Waals surface area (Å²) in [6.07, 6.45) is 2.48. The van der Waals surface area contributed by atoms with Gasteiger partial charge in [-0.15, -0.1) is 24.8 Å². The molecule has 1 atom stereocenters. The summed E-state index contributed by atoms with van der Waals surface area (Å²) < 4.78 is 0. The number of nitrogens with zero attached hydrogens (tertiary/aromatic N) is 3. The topological polar surface area (TPSA) is 74.5 Å². The van der Waals surface area contributed by atoms with Crippen molar-refractivity contribution in [2.24, 2.45) is 5.73 Å². The molecule has 6 nitrogen and oxygen atoms in total. The van der Waals surface area contributed by atoms with E-state index in [0.717, 1.165) is 38.4 Å². The summed E-state index contributed by atoms with van der Waals surface area (Å²) in [6.45, 7) is 6.46. The summed E-state index contributed by atoms with van der Waals surface area (Å²) in [5.41, 5.74) is 6.33. The average Bonchev–Trinajstić information content (AvgIpc) is 2.47. The third-order valence-corrected chi connectivity index (χ3v) is 3.72. The highest BCUT2D eigenvalue weighted by Crippen LogP contribution is 2.14. The molecule has 1 aliphatic heterocycles. The molecule has 1 aliphatic rings. The maximum atomic E-state index is 12.1. The summed E-state index contributed by atoms with van der Waals surface area (Å²) in [7, 11) is 2.12. The van der Waals surface area contributed by atoms with Crippen LogP contribution < -0.4 is 16.0 Å². The molecule has 1 aromatic rings. The van der Waals surface area contributed by atoms with E-state index in [1.807, 2.05) is 13.0 Å². The standard InChI is InChI=1S/C15H25N5O.2ClH/c1-12(16)3-5-18-15(21)13-4-6-17-14(11-13)20-9-7-19(2)8-10-20;;/h4,6,11-12H,3,5,7-10,16H2,1-2H3,(H,18,21);2*1H. The molecule has 2 heterocycles. The Labute approximate surface area is 150 Å². The molecular weight excluding hydrogens is 337 g/mol. The molecule has 0 bridgehead atoms. The second kappa shape index (κ2) is 10.6. The summed E-state index contributed by atoms with van der Waals surface area (Å²) in [6, 6.07) is 3.72. The van der Waals surface area contributed by atoms with Gasteiger partial charge < -0.3 is 20.9 Å². The Bertz CT molecular complexity index is 479. The molecule has 1 amide bonds. The minimum atomic E-state index is -0.0616. The van der Waals surface area contributed by atoms with Crippen LogP contribution in [0.4, 0.5) is 5.82 Å². The third-order valence-electron chi connectivity index (χ3n) is 3.72. The maximum absolute atomic E-state index is 12.1. The Morgan fingerprint density at radius 3 is 2.61 bits per heavy atom. The number of nitrogens with two attached hydrogens (primary N) is 1. The summed E-state index contributed by atoms with van der Waals surface area (Å²) in [4.78, 5) is 21.0. The minimum Gasteiger partial charge on any atom is -0.354 e. The van der Waals surface area contributed by atoms with E-state index in [1.54, 1.807) is 12.3 Å². The van der Waals surface area contributed by atoms with Gasteiger partial charge in [-0.1, -0.05) is 0 Å². The van der Waals surface area contributed by atoms with Crippen LogP contribution in [-0.2, 0) is 0 Å². The van der Waals surface area contributed by atoms with E-state index in [9.17, 15) is 4.79 Å². The van der Waals surface area contributed by atoms with Gasteiger partial charge in [0.25, 0.3) is 5.91 Å². The SMILES string of the molecule is CC(N)CCNC(=O)c1ccnc(N2CCN(C)CC2)c1.Cl.Cl. The predicted molar refractivity (Wildman–Crippen MR) is 99.0 cm³/mol. The molecule has 0 aromatic carbocycles. The van der Waals surface area contributed by atoms with Crippen molar-refractivity contribution in [2.75, 3.05) is 44.7 Å². The number of nitrogens with one attached hydrogen (secondary N) is 1. The average molecular weight is 364 g/mol. The van der Waals surface area contributed by atoms with Crippen molar-refractivity contribution in [1.82, 2.24) is 15.2 Å². The van der Waals surface area contributed by atoms with E-state index in [4.69, 9.17) is 5.73 Å². The van der Waals surface area contributed by atoms with E-state index in [2.05, 4.69) is 27.1 Å². The van der Waals surface area contributed by atoms with E-state index in [1.165, 1.54) is 0 Å². The molecule has 1 saturated heterocycles. The lowest BCUT2D eigenvalue weighted by atomic mass is 10.2. The van der Waals surface area contributed by atoms with Crippen LogP contribution in [0.5, 0.6) is 0 Å². The molecular formula is C15H27Cl2N5O. The number of amides is 1. The molecule has 23 heavy (non-hydrogen) atoms. The Morgan fingerprint density at radius 2 is 2.00 bits per heavy atom. The molecule has 2 rings (SSSR count). The number of hydrogen-bond donors (Lipinski definition) is 2. The first-order valence-electron chi connectivity index (χ1n) is 7.49. The number of likely N-dealkylation sites (N-methyl/N-ethyl adjacent to an activating group) is 1. The monoisotopic (exact) mass is 363 g/mol. The zero-order valence-electron chi connectivity index (χ0n) is 13.7. The Kier molecular flexibility index (Phi) is 10.1. The largest absolute Gasteiger partial charge is 0.354 e. The van der Waals surface area contributed by atoms with Crippen LogP contribution in [0, 0.1) is 0 Å². The number of hydrogen-bond acceptors (Lipinski definition) is 5. The van der Waals surface area contributed by atoms with E-state index in [-0.39, 0.29) is 36.8 Å². The predicted octanol–water partition coefficient (Wildman–Crippen LogP) is 1.14. The fourth-order valence-corrected chi connectivity index (χ4v) is 2.28. The lowest BCUT2D eigenvalue weighted by molar-refractivity contribution is 0.0952. The quantitative estimate of drug-likeness (QED) is 0.820.